The molecule has 0 unspecified atom stereocenters. The van der Waals surface area contributed by atoms with Crippen molar-refractivity contribution in [1.29, 1.82) is 0 Å². The van der Waals surface area contributed by atoms with E-state index in [-0.39, 0.29) is 37.0 Å². The summed E-state index contributed by atoms with van der Waals surface area (Å²) in [5.74, 6) is 1.35. The van der Waals surface area contributed by atoms with Crippen LogP contribution in [0.5, 0.6) is 0 Å². The number of carbonyl (C=O) groups is 4. The van der Waals surface area contributed by atoms with Crippen LogP contribution in [-0.2, 0) is 25.6 Å². The Balaban J connectivity index is 0.940. The molecular formula is C46H48N8O6. The molecule has 2 fully saturated rings. The van der Waals surface area contributed by atoms with Crippen molar-refractivity contribution in [3.63, 3.8) is 0 Å². The van der Waals surface area contributed by atoms with Gasteiger partial charge in [0.15, 0.2) is 0 Å². The number of hydrogen-bond donors (Lipinski definition) is 4. The topological polar surface area (TPSA) is 175 Å². The van der Waals surface area contributed by atoms with E-state index in [4.69, 9.17) is 9.72 Å². The predicted molar refractivity (Wildman–Crippen MR) is 226 cm³/mol. The van der Waals surface area contributed by atoms with E-state index < -0.39 is 18.2 Å². The number of aromatic amines is 2. The molecule has 2 aliphatic rings. The Hall–Kier alpha value is -6.96. The lowest BCUT2D eigenvalue weighted by Gasteiger charge is -2.34. The minimum absolute atomic E-state index is 0.109. The Kier molecular flexibility index (Phi) is 11.6. The number of likely N-dealkylation sites (tertiary alicyclic amines) is 1. The van der Waals surface area contributed by atoms with E-state index in [0.717, 1.165) is 75.9 Å². The summed E-state index contributed by atoms with van der Waals surface area (Å²) in [5, 5.41) is 7.39. The van der Waals surface area contributed by atoms with Gasteiger partial charge in [-0.25, -0.2) is 19.6 Å². The normalized spacial score (nSPS) is 17.3. The molecule has 0 spiro atoms. The number of carbonyl (C=O) groups excluding carboxylic acids is 4. The van der Waals surface area contributed by atoms with Crippen LogP contribution in [0.2, 0.25) is 0 Å². The summed E-state index contributed by atoms with van der Waals surface area (Å²) >= 11 is 0. The maximum absolute atomic E-state index is 13.8. The van der Waals surface area contributed by atoms with Crippen LogP contribution in [0.25, 0.3) is 44.4 Å². The molecule has 3 heterocycles. The van der Waals surface area contributed by atoms with E-state index in [0.29, 0.717) is 23.9 Å². The molecule has 1 aliphatic heterocycles. The highest BCUT2D eigenvalue weighted by molar-refractivity contribution is 5.91. The van der Waals surface area contributed by atoms with E-state index in [2.05, 4.69) is 91.0 Å². The van der Waals surface area contributed by atoms with E-state index in [1.807, 2.05) is 36.2 Å². The molecule has 2 bridgehead atoms. The number of rotatable bonds is 13. The second-order valence-corrected chi connectivity index (χ2v) is 15.3. The molecule has 8 rings (SSSR count). The summed E-state index contributed by atoms with van der Waals surface area (Å²) in [7, 11) is 2.56. The lowest BCUT2D eigenvalue weighted by molar-refractivity contribution is -0.135. The number of ether oxygens (including phenoxy) is 2. The number of alkyl carbamates (subject to hydrolysis) is 2. The van der Waals surface area contributed by atoms with Gasteiger partial charge in [-0.2, -0.15) is 0 Å². The first-order valence-electron chi connectivity index (χ1n) is 20.3. The van der Waals surface area contributed by atoms with E-state index in [1.54, 1.807) is 23.2 Å². The van der Waals surface area contributed by atoms with Crippen LogP contribution in [0, 0.1) is 5.92 Å². The number of amides is 4. The number of benzene rings is 4. The average Bonchev–Trinajstić information content (AvgIpc) is 4.13. The van der Waals surface area contributed by atoms with Crippen molar-refractivity contribution in [1.82, 2.24) is 40.4 Å². The number of aromatic nitrogens is 4. The number of nitrogens with one attached hydrogen (secondary N) is 4. The number of hydrogen-bond acceptors (Lipinski definition) is 8. The number of piperidine rings is 1. The lowest BCUT2D eigenvalue weighted by Crippen LogP contribution is -2.45. The molecule has 2 aromatic heterocycles. The van der Waals surface area contributed by atoms with Crippen molar-refractivity contribution in [2.75, 3.05) is 27.3 Å². The fraction of sp³-hybridized carbons (Fsp3) is 0.304. The third kappa shape index (κ3) is 8.31. The van der Waals surface area contributed by atoms with Crippen molar-refractivity contribution < 1.29 is 28.7 Å². The molecule has 4 atom stereocenters. The minimum Gasteiger partial charge on any atom is -0.453 e. The quantitative estimate of drug-likeness (QED) is 0.0927. The van der Waals surface area contributed by atoms with Gasteiger partial charge in [-0.1, -0.05) is 85.8 Å². The van der Waals surface area contributed by atoms with E-state index in [1.165, 1.54) is 14.2 Å². The first-order valence-corrected chi connectivity index (χ1v) is 20.3. The highest BCUT2D eigenvalue weighted by Crippen LogP contribution is 2.49. The van der Waals surface area contributed by atoms with Gasteiger partial charge in [0, 0.05) is 18.2 Å². The summed E-state index contributed by atoms with van der Waals surface area (Å²) in [6.45, 7) is 2.62. The molecule has 1 saturated heterocycles. The van der Waals surface area contributed by atoms with Crippen LogP contribution in [-0.4, -0.2) is 87.1 Å². The summed E-state index contributed by atoms with van der Waals surface area (Å²) < 4.78 is 9.47. The third-order valence-electron chi connectivity index (χ3n) is 11.6. The van der Waals surface area contributed by atoms with Gasteiger partial charge >= 0.3 is 12.2 Å². The van der Waals surface area contributed by atoms with Crippen molar-refractivity contribution in [2.24, 2.45) is 5.92 Å². The smallest absolute Gasteiger partial charge is 0.407 e. The Bertz CT molecular complexity index is 2500. The van der Waals surface area contributed by atoms with Crippen molar-refractivity contribution in [3.8, 4) is 33.6 Å². The highest BCUT2D eigenvalue weighted by Gasteiger charge is 2.49. The number of H-pyrrole nitrogens is 2. The molecule has 60 heavy (non-hydrogen) atoms. The zero-order valence-corrected chi connectivity index (χ0v) is 33.8. The van der Waals surface area contributed by atoms with Gasteiger partial charge < -0.3 is 39.9 Å². The average molecular weight is 809 g/mol. The molecular weight excluding hydrogens is 761 g/mol. The number of fused-ring (bicyclic) bond motifs is 3. The van der Waals surface area contributed by atoms with Gasteiger partial charge in [0.25, 0.3) is 0 Å². The molecule has 14 heteroatoms. The van der Waals surface area contributed by atoms with Crippen LogP contribution in [0.15, 0.2) is 103 Å². The van der Waals surface area contributed by atoms with Gasteiger partial charge in [-0.3, -0.25) is 9.59 Å². The van der Waals surface area contributed by atoms with Gasteiger partial charge in [-0.05, 0) is 76.8 Å². The highest BCUT2D eigenvalue weighted by atomic mass is 16.5. The number of imidazole rings is 2. The fourth-order valence-electron chi connectivity index (χ4n) is 8.68. The van der Waals surface area contributed by atoms with Crippen LogP contribution in [0.4, 0.5) is 9.59 Å². The summed E-state index contributed by atoms with van der Waals surface area (Å²) in [5.41, 5.74) is 6.50. The number of methoxy groups -OCH3 is 2. The summed E-state index contributed by atoms with van der Waals surface area (Å²) in [4.78, 5) is 70.7. The molecule has 0 radical (unpaired) electrons. The molecule has 14 nitrogen and oxygen atoms in total. The van der Waals surface area contributed by atoms with Gasteiger partial charge in [0.2, 0.25) is 11.8 Å². The molecule has 4 N–H and O–H groups in total. The van der Waals surface area contributed by atoms with E-state index in [9.17, 15) is 19.2 Å². The van der Waals surface area contributed by atoms with Crippen LogP contribution >= 0.6 is 0 Å². The van der Waals surface area contributed by atoms with E-state index >= 15 is 0 Å². The molecule has 6 aromatic rings. The maximum atomic E-state index is 13.8. The fourth-order valence-corrected chi connectivity index (χ4v) is 8.68. The Labute approximate surface area is 347 Å². The molecule has 1 aliphatic carbocycles. The first-order chi connectivity index (χ1) is 29.2. The molecule has 1 saturated carbocycles. The second kappa shape index (κ2) is 17.5. The second-order valence-electron chi connectivity index (χ2n) is 15.3. The van der Waals surface area contributed by atoms with Crippen LogP contribution in [0.3, 0.4) is 0 Å². The SMILES string of the molecule is CCCN(Cc1ncc(-c2ccc3cc(-c4ccc(-c5cnc([C@@H]6[C@H]7CC[C@H](C7)N6C(=O)CNC(=O)OC)[nH]5)cc4)ccc3c2)[nH]1)C(=O)[C@H](NC(=O)OC)c1ccccc1. The summed E-state index contributed by atoms with van der Waals surface area (Å²) in [6.07, 6.45) is 5.97. The minimum atomic E-state index is -0.902. The Morgan fingerprint density at radius 2 is 1.47 bits per heavy atom. The Morgan fingerprint density at radius 1 is 0.800 bits per heavy atom. The zero-order valence-electron chi connectivity index (χ0n) is 33.8. The standard InChI is InChI=1S/C46H48N8O6/c1-4-20-53(44(56)41(52-46(58)60-3)30-8-6-5-7-9-30)27-39-47-24-38(50-39)34-17-16-32-21-31(14-15-33(32)22-34)28-10-12-29(13-11-28)37-25-48-43(51-37)42-35-18-19-36(23-35)54(42)40(55)26-49-45(57)59-2/h5-17,21-22,24-25,35-36,41-42H,4,18-20,23,26-27H2,1-3H3,(H,47,50)(H,48,51)(H,49,57)(H,52,58)/t35-,36+,41+,42-/m0/s1. The Morgan fingerprint density at radius 3 is 2.20 bits per heavy atom. The van der Waals surface area contributed by atoms with Crippen LogP contribution < -0.4 is 10.6 Å². The molecule has 308 valence electrons. The zero-order chi connectivity index (χ0) is 41.8. The summed E-state index contributed by atoms with van der Waals surface area (Å²) in [6, 6.07) is 29.3. The largest absolute Gasteiger partial charge is 0.453 e. The first kappa shape index (κ1) is 39.8. The number of nitrogens with zero attached hydrogens (tertiary/aromatic N) is 4. The lowest BCUT2D eigenvalue weighted by atomic mass is 9.97. The van der Waals surface area contributed by atoms with Crippen molar-refractivity contribution in [3.05, 3.63) is 121 Å². The third-order valence-corrected chi connectivity index (χ3v) is 11.6. The monoisotopic (exact) mass is 808 g/mol. The van der Waals surface area contributed by atoms with Gasteiger partial charge in [0.05, 0.1) is 50.6 Å². The van der Waals surface area contributed by atoms with Crippen molar-refractivity contribution >= 4 is 34.8 Å². The van der Waals surface area contributed by atoms with Gasteiger partial charge in [0.1, 0.15) is 24.2 Å². The predicted octanol–water partition coefficient (Wildman–Crippen LogP) is 7.53. The van der Waals surface area contributed by atoms with Crippen LogP contribution in [0.1, 0.15) is 61.9 Å². The molecule has 4 amide bonds. The van der Waals surface area contributed by atoms with Gasteiger partial charge in [-0.15, -0.1) is 0 Å². The maximum Gasteiger partial charge on any atom is 0.407 e. The van der Waals surface area contributed by atoms with Crippen molar-refractivity contribution in [2.45, 2.75) is 57.3 Å². The molecule has 4 aromatic carbocycles.